The fourth-order valence-electron chi connectivity index (χ4n) is 2.30. The Balaban J connectivity index is 2.59. The third kappa shape index (κ3) is 2.15. The molecule has 1 heterocycles. The van der Waals surface area contributed by atoms with Crippen molar-refractivity contribution in [2.24, 2.45) is 0 Å². The van der Waals surface area contributed by atoms with E-state index in [4.69, 9.17) is 5.21 Å². The van der Waals surface area contributed by atoms with Gasteiger partial charge in [-0.25, -0.2) is 13.9 Å². The van der Waals surface area contributed by atoms with Crippen molar-refractivity contribution in [1.82, 2.24) is 10.5 Å². The van der Waals surface area contributed by atoms with Gasteiger partial charge < -0.3 is 5.21 Å². The highest BCUT2D eigenvalue weighted by atomic mass is 79.9. The molecule has 1 fully saturated rings. The second-order valence-corrected chi connectivity index (χ2v) is 7.48. The Kier molecular flexibility index (Phi) is 4.17. The van der Waals surface area contributed by atoms with Crippen molar-refractivity contribution in [3.63, 3.8) is 0 Å². The molecule has 1 atom stereocenters. The van der Waals surface area contributed by atoms with Crippen LogP contribution in [-0.4, -0.2) is 41.2 Å². The highest BCUT2D eigenvalue weighted by Crippen LogP contribution is 2.37. The first-order valence-corrected chi connectivity index (χ1v) is 8.05. The average Bonchev–Trinajstić information content (AvgIpc) is 2.81. The molecule has 1 amide bonds. The molecule has 3 N–H and O–H groups in total. The minimum Gasteiger partial charge on any atom is -0.312 e. The van der Waals surface area contributed by atoms with Crippen molar-refractivity contribution < 1.29 is 23.6 Å². The van der Waals surface area contributed by atoms with E-state index in [1.807, 2.05) is 0 Å². The number of hydrogen-bond donors (Lipinski definition) is 3. The average molecular weight is 365 g/mol. The number of benzene rings is 1. The van der Waals surface area contributed by atoms with Gasteiger partial charge in [-0.05, 0) is 37.1 Å². The monoisotopic (exact) mass is 364 g/mol. The fraction of sp³-hybridized carbons (Fsp3) is 0.364. The third-order valence-corrected chi connectivity index (χ3v) is 6.24. The standard InChI is InChI=1S/C11H13BrN2O5S/c12-8-2-4-9(5-3-8)20(18,19)11(10(15)13-16)6-1-7-14(11)17/h2-5,16-17H,1,6-7H2,(H,13,15). The Morgan fingerprint density at radius 1 is 1.35 bits per heavy atom. The number of nitrogens with one attached hydrogen (secondary N) is 1. The molecule has 9 heteroatoms. The molecule has 1 aromatic rings. The fourth-order valence-corrected chi connectivity index (χ4v) is 4.52. The van der Waals surface area contributed by atoms with E-state index in [9.17, 15) is 18.4 Å². The van der Waals surface area contributed by atoms with E-state index in [1.165, 1.54) is 29.7 Å². The van der Waals surface area contributed by atoms with E-state index in [0.717, 1.165) is 0 Å². The van der Waals surface area contributed by atoms with Gasteiger partial charge in [-0.1, -0.05) is 15.9 Å². The Hall–Kier alpha value is -1.00. The molecule has 110 valence electrons. The maximum Gasteiger partial charge on any atom is 0.282 e. The zero-order valence-corrected chi connectivity index (χ0v) is 12.7. The summed E-state index contributed by atoms with van der Waals surface area (Å²) in [7, 11) is -4.19. The summed E-state index contributed by atoms with van der Waals surface area (Å²) < 4.78 is 26.1. The van der Waals surface area contributed by atoms with Crippen LogP contribution in [0.25, 0.3) is 0 Å². The summed E-state index contributed by atoms with van der Waals surface area (Å²) in [5, 5.41) is 19.2. The number of sulfone groups is 1. The summed E-state index contributed by atoms with van der Waals surface area (Å²) in [6, 6.07) is 5.71. The van der Waals surface area contributed by atoms with Crippen LogP contribution in [0.4, 0.5) is 0 Å². The first-order chi connectivity index (χ1) is 9.36. The number of hydrogen-bond acceptors (Lipinski definition) is 6. The predicted octanol–water partition coefficient (Wildman–Crippen LogP) is 0.909. The minimum absolute atomic E-state index is 0.0309. The molecule has 1 aromatic carbocycles. The van der Waals surface area contributed by atoms with Gasteiger partial charge in [0.25, 0.3) is 5.91 Å². The first-order valence-electron chi connectivity index (χ1n) is 5.77. The number of carbonyl (C=O) groups excluding carboxylic acids is 1. The van der Waals surface area contributed by atoms with Crippen LogP contribution in [0.5, 0.6) is 0 Å². The van der Waals surface area contributed by atoms with E-state index in [2.05, 4.69) is 15.9 Å². The molecule has 7 nitrogen and oxygen atoms in total. The van der Waals surface area contributed by atoms with Crippen molar-refractivity contribution in [3.05, 3.63) is 28.7 Å². The van der Waals surface area contributed by atoms with E-state index in [-0.39, 0.29) is 17.9 Å². The van der Waals surface area contributed by atoms with Crippen LogP contribution < -0.4 is 5.48 Å². The summed E-state index contributed by atoms with van der Waals surface area (Å²) in [6.45, 7) is 0.0309. The molecule has 0 aromatic heterocycles. The van der Waals surface area contributed by atoms with E-state index >= 15 is 0 Å². The van der Waals surface area contributed by atoms with E-state index in [1.54, 1.807) is 0 Å². The summed E-state index contributed by atoms with van der Waals surface area (Å²) in [5.74, 6) is -1.17. The lowest BCUT2D eigenvalue weighted by molar-refractivity contribution is -0.160. The van der Waals surface area contributed by atoms with Gasteiger partial charge in [-0.15, -0.1) is 0 Å². The Morgan fingerprint density at radius 3 is 2.40 bits per heavy atom. The Labute approximate surface area is 124 Å². The molecule has 0 bridgehead atoms. The molecule has 20 heavy (non-hydrogen) atoms. The van der Waals surface area contributed by atoms with Gasteiger partial charge in [-0.3, -0.25) is 10.0 Å². The first kappa shape index (κ1) is 15.4. The molecule has 0 radical (unpaired) electrons. The molecule has 1 aliphatic heterocycles. The summed E-state index contributed by atoms with van der Waals surface area (Å²) in [4.78, 5) is 9.58. The number of nitrogens with zero attached hydrogens (tertiary/aromatic N) is 1. The van der Waals surface area contributed by atoms with Gasteiger partial charge in [0.1, 0.15) is 0 Å². The van der Waals surface area contributed by atoms with Gasteiger partial charge in [0.15, 0.2) is 0 Å². The second kappa shape index (κ2) is 5.41. The molecule has 2 rings (SSSR count). The van der Waals surface area contributed by atoms with Crippen LogP contribution in [0.3, 0.4) is 0 Å². The number of carbonyl (C=O) groups is 1. The largest absolute Gasteiger partial charge is 0.312 e. The molecule has 0 aliphatic carbocycles. The van der Waals surface area contributed by atoms with E-state index in [0.29, 0.717) is 16.0 Å². The molecule has 1 unspecified atom stereocenters. The van der Waals surface area contributed by atoms with Crippen LogP contribution in [0.15, 0.2) is 33.6 Å². The molecule has 0 saturated carbocycles. The number of rotatable bonds is 3. The normalized spacial score (nSPS) is 23.8. The van der Waals surface area contributed by atoms with Crippen LogP contribution in [0.1, 0.15) is 12.8 Å². The van der Waals surface area contributed by atoms with E-state index < -0.39 is 20.6 Å². The molecule has 1 saturated heterocycles. The van der Waals surface area contributed by atoms with Gasteiger partial charge in [-0.2, -0.15) is 5.06 Å². The topological polar surface area (TPSA) is 107 Å². The number of halogens is 1. The molecule has 1 aliphatic rings. The summed E-state index contributed by atoms with van der Waals surface area (Å²) in [5.41, 5.74) is 1.34. The number of hydroxylamine groups is 3. The van der Waals surface area contributed by atoms with Crippen LogP contribution in [-0.2, 0) is 14.6 Å². The number of amides is 1. The summed E-state index contributed by atoms with van der Waals surface area (Å²) in [6.07, 6.45) is 0.216. The Morgan fingerprint density at radius 2 is 1.95 bits per heavy atom. The van der Waals surface area contributed by atoms with Crippen molar-refractivity contribution in [2.75, 3.05) is 6.54 Å². The van der Waals surface area contributed by atoms with Crippen LogP contribution in [0, 0.1) is 0 Å². The molecule has 0 spiro atoms. The zero-order valence-electron chi connectivity index (χ0n) is 10.3. The van der Waals surface area contributed by atoms with Gasteiger partial charge in [0.05, 0.1) is 4.90 Å². The van der Waals surface area contributed by atoms with Crippen LogP contribution >= 0.6 is 15.9 Å². The van der Waals surface area contributed by atoms with Crippen molar-refractivity contribution >= 4 is 31.7 Å². The predicted molar refractivity (Wildman–Crippen MR) is 71.7 cm³/mol. The minimum atomic E-state index is -4.19. The zero-order chi connectivity index (χ0) is 15.0. The SMILES string of the molecule is O=C(NO)C1(S(=O)(=O)c2ccc(Br)cc2)CCCN1O. The third-order valence-electron chi connectivity index (χ3n) is 3.33. The summed E-state index contributed by atoms with van der Waals surface area (Å²) >= 11 is 3.19. The second-order valence-electron chi connectivity index (χ2n) is 4.41. The maximum atomic E-state index is 12.7. The van der Waals surface area contributed by atoms with Gasteiger partial charge in [0, 0.05) is 11.0 Å². The van der Waals surface area contributed by atoms with Gasteiger partial charge in [0.2, 0.25) is 14.7 Å². The lowest BCUT2D eigenvalue weighted by atomic mass is 10.2. The quantitative estimate of drug-likeness (QED) is 0.543. The van der Waals surface area contributed by atoms with Crippen molar-refractivity contribution in [1.29, 1.82) is 0 Å². The molecular formula is C11H13BrN2O5S. The van der Waals surface area contributed by atoms with Crippen molar-refractivity contribution in [3.8, 4) is 0 Å². The highest BCUT2D eigenvalue weighted by Gasteiger charge is 2.58. The molecular weight excluding hydrogens is 352 g/mol. The van der Waals surface area contributed by atoms with Crippen molar-refractivity contribution in [2.45, 2.75) is 22.6 Å². The maximum absolute atomic E-state index is 12.7. The van der Waals surface area contributed by atoms with Crippen LogP contribution in [0.2, 0.25) is 0 Å². The smallest absolute Gasteiger partial charge is 0.282 e. The highest BCUT2D eigenvalue weighted by molar-refractivity contribution is 9.10. The van der Waals surface area contributed by atoms with Gasteiger partial charge >= 0.3 is 0 Å². The Bertz CT molecular complexity index is 618. The lowest BCUT2D eigenvalue weighted by Crippen LogP contribution is -2.58. The lowest BCUT2D eigenvalue weighted by Gasteiger charge is -2.31.